The van der Waals surface area contributed by atoms with Crippen LogP contribution in [0.4, 0.5) is 0 Å². The zero-order valence-electron chi connectivity index (χ0n) is 5.69. The molecule has 54 valence electrons. The highest BCUT2D eigenvalue weighted by Crippen LogP contribution is 1.91. The predicted octanol–water partition coefficient (Wildman–Crippen LogP) is -0.756. The molecule has 0 spiro atoms. The minimum atomic E-state index is 0.476. The first-order chi connectivity index (χ1) is 4.43. The fraction of sp³-hybridized carbons (Fsp3) is 1.00. The van der Waals surface area contributed by atoms with Crippen LogP contribution in [0.3, 0.4) is 0 Å². The van der Waals surface area contributed by atoms with Gasteiger partial charge in [-0.25, -0.2) is 0 Å². The molecule has 0 amide bonds. The molecule has 9 heavy (non-hydrogen) atoms. The Bertz CT molecular complexity index is 65.9. The fourth-order valence-corrected chi connectivity index (χ4v) is 1.08. The first-order valence-corrected chi connectivity index (χ1v) is 3.60. The third kappa shape index (κ3) is 2.30. The van der Waals surface area contributed by atoms with E-state index >= 15 is 0 Å². The van der Waals surface area contributed by atoms with Crippen molar-refractivity contribution in [2.75, 3.05) is 19.6 Å². The molecule has 0 radical (unpaired) electrons. The van der Waals surface area contributed by atoms with Crippen LogP contribution < -0.4 is 16.4 Å². The lowest BCUT2D eigenvalue weighted by atomic mass is 10.2. The third-order valence-corrected chi connectivity index (χ3v) is 1.59. The minimum Gasteiger partial charge on any atom is -0.330 e. The third-order valence-electron chi connectivity index (χ3n) is 1.59. The van der Waals surface area contributed by atoms with Crippen molar-refractivity contribution < 1.29 is 0 Å². The Morgan fingerprint density at radius 3 is 2.56 bits per heavy atom. The van der Waals surface area contributed by atoms with Gasteiger partial charge in [-0.3, -0.25) is 0 Å². The van der Waals surface area contributed by atoms with E-state index in [0.717, 1.165) is 26.1 Å². The minimum absolute atomic E-state index is 0.476. The summed E-state index contributed by atoms with van der Waals surface area (Å²) in [5.74, 6) is 0. The quantitative estimate of drug-likeness (QED) is 0.459. The molecule has 1 rings (SSSR count). The molecule has 1 saturated heterocycles. The molecule has 1 fully saturated rings. The zero-order valence-corrected chi connectivity index (χ0v) is 5.69. The molecular weight excluding hydrogens is 114 g/mol. The van der Waals surface area contributed by atoms with Crippen LogP contribution in [-0.2, 0) is 0 Å². The number of rotatable bonds is 2. The van der Waals surface area contributed by atoms with Crippen LogP contribution >= 0.6 is 0 Å². The van der Waals surface area contributed by atoms with E-state index in [-0.39, 0.29) is 0 Å². The monoisotopic (exact) mass is 129 g/mol. The van der Waals surface area contributed by atoms with Crippen molar-refractivity contribution >= 4 is 0 Å². The van der Waals surface area contributed by atoms with Crippen molar-refractivity contribution in [3.05, 3.63) is 0 Å². The summed E-state index contributed by atoms with van der Waals surface area (Å²) < 4.78 is 0. The molecule has 3 heteroatoms. The van der Waals surface area contributed by atoms with Gasteiger partial charge in [-0.15, -0.1) is 0 Å². The largest absolute Gasteiger partial charge is 0.330 e. The summed E-state index contributed by atoms with van der Waals surface area (Å²) in [5, 5.41) is 6.66. The number of hydrogen-bond donors (Lipinski definition) is 3. The Balaban J connectivity index is 2.08. The molecule has 0 aromatic heterocycles. The summed E-state index contributed by atoms with van der Waals surface area (Å²) in [7, 11) is 0. The molecular formula is C6H15N3. The van der Waals surface area contributed by atoms with Crippen LogP contribution in [0, 0.1) is 0 Å². The van der Waals surface area contributed by atoms with Gasteiger partial charge in [-0.05, 0) is 32.5 Å². The van der Waals surface area contributed by atoms with E-state index in [2.05, 4.69) is 10.6 Å². The van der Waals surface area contributed by atoms with Crippen LogP contribution in [0.15, 0.2) is 0 Å². The second kappa shape index (κ2) is 3.82. The van der Waals surface area contributed by atoms with Gasteiger partial charge in [0, 0.05) is 0 Å². The molecule has 0 unspecified atom stereocenters. The van der Waals surface area contributed by atoms with Gasteiger partial charge < -0.3 is 16.4 Å². The number of hydrogen-bond acceptors (Lipinski definition) is 3. The molecule has 1 aliphatic heterocycles. The van der Waals surface area contributed by atoms with Gasteiger partial charge in [0.1, 0.15) is 0 Å². The summed E-state index contributed by atoms with van der Waals surface area (Å²) in [6.45, 7) is 3.04. The normalized spacial score (nSPS) is 22.3. The summed E-state index contributed by atoms with van der Waals surface area (Å²) in [5.41, 5.74) is 5.38. The molecule has 0 saturated carbocycles. The average molecular weight is 129 g/mol. The van der Waals surface area contributed by atoms with E-state index in [1.54, 1.807) is 0 Å². The number of nitrogens with one attached hydrogen (secondary N) is 2. The summed E-state index contributed by atoms with van der Waals surface area (Å²) in [6, 6.07) is 0. The predicted molar refractivity (Wildman–Crippen MR) is 38.1 cm³/mol. The van der Waals surface area contributed by atoms with E-state index < -0.39 is 0 Å². The van der Waals surface area contributed by atoms with E-state index in [1.165, 1.54) is 6.42 Å². The Kier molecular flexibility index (Phi) is 2.97. The molecule has 3 nitrogen and oxygen atoms in total. The molecule has 1 heterocycles. The van der Waals surface area contributed by atoms with E-state index in [4.69, 9.17) is 5.73 Å². The molecule has 0 atom stereocenters. The summed E-state index contributed by atoms with van der Waals surface area (Å²) in [4.78, 5) is 0. The van der Waals surface area contributed by atoms with Crippen molar-refractivity contribution in [2.45, 2.75) is 19.0 Å². The van der Waals surface area contributed by atoms with Crippen molar-refractivity contribution in [3.8, 4) is 0 Å². The molecule has 0 aromatic carbocycles. The first-order valence-electron chi connectivity index (χ1n) is 3.60. The van der Waals surface area contributed by atoms with Crippen molar-refractivity contribution in [1.82, 2.24) is 10.6 Å². The maximum Gasteiger partial charge on any atom is 0.0583 e. The fourth-order valence-electron chi connectivity index (χ4n) is 1.08. The zero-order chi connectivity index (χ0) is 6.53. The summed E-state index contributed by atoms with van der Waals surface area (Å²) >= 11 is 0. The Hall–Kier alpha value is -0.120. The van der Waals surface area contributed by atoms with Gasteiger partial charge in [0.15, 0.2) is 0 Å². The lowest BCUT2D eigenvalue weighted by Gasteiger charge is -2.24. The topological polar surface area (TPSA) is 50.1 Å². The van der Waals surface area contributed by atoms with Gasteiger partial charge in [0.05, 0.1) is 6.17 Å². The highest BCUT2D eigenvalue weighted by Gasteiger charge is 2.08. The van der Waals surface area contributed by atoms with Crippen LogP contribution in [0.1, 0.15) is 12.8 Å². The van der Waals surface area contributed by atoms with Gasteiger partial charge in [0.2, 0.25) is 0 Å². The van der Waals surface area contributed by atoms with Crippen LogP contribution in [0.25, 0.3) is 0 Å². The maximum atomic E-state index is 5.38. The van der Waals surface area contributed by atoms with Crippen LogP contribution in [-0.4, -0.2) is 25.8 Å². The van der Waals surface area contributed by atoms with Gasteiger partial charge in [-0.2, -0.15) is 0 Å². The second-order valence-electron chi connectivity index (χ2n) is 2.39. The number of nitrogens with two attached hydrogens (primary N) is 1. The van der Waals surface area contributed by atoms with Gasteiger partial charge in [0.25, 0.3) is 0 Å². The van der Waals surface area contributed by atoms with Gasteiger partial charge >= 0.3 is 0 Å². The standard InChI is InChI=1S/C6H15N3/c7-3-2-6-8-4-1-5-9-6/h6,8-9H,1-5,7H2. The molecule has 1 aliphatic rings. The van der Waals surface area contributed by atoms with Crippen molar-refractivity contribution in [3.63, 3.8) is 0 Å². The molecule has 4 N–H and O–H groups in total. The Labute approximate surface area is 56.0 Å². The Morgan fingerprint density at radius 1 is 1.33 bits per heavy atom. The van der Waals surface area contributed by atoms with Crippen LogP contribution in [0.2, 0.25) is 0 Å². The average Bonchev–Trinajstić information content (AvgIpc) is 1.91. The van der Waals surface area contributed by atoms with Crippen molar-refractivity contribution in [2.24, 2.45) is 5.73 Å². The van der Waals surface area contributed by atoms with E-state index in [9.17, 15) is 0 Å². The van der Waals surface area contributed by atoms with Gasteiger partial charge in [-0.1, -0.05) is 0 Å². The SMILES string of the molecule is NCCC1NCCCN1. The maximum absolute atomic E-state index is 5.38. The van der Waals surface area contributed by atoms with E-state index in [0.29, 0.717) is 6.17 Å². The molecule has 0 aliphatic carbocycles. The lowest BCUT2D eigenvalue weighted by molar-refractivity contribution is 0.355. The van der Waals surface area contributed by atoms with E-state index in [1.807, 2.05) is 0 Å². The molecule has 0 aromatic rings. The van der Waals surface area contributed by atoms with Crippen LogP contribution in [0.5, 0.6) is 0 Å². The Morgan fingerprint density at radius 2 is 2.00 bits per heavy atom. The smallest absolute Gasteiger partial charge is 0.0583 e. The molecule has 0 bridgehead atoms. The van der Waals surface area contributed by atoms with Crippen molar-refractivity contribution in [1.29, 1.82) is 0 Å². The second-order valence-corrected chi connectivity index (χ2v) is 2.39. The highest BCUT2D eigenvalue weighted by atomic mass is 15.1. The first kappa shape index (κ1) is 6.99. The summed E-state index contributed by atoms with van der Waals surface area (Å²) in [6.07, 6.45) is 2.75. The lowest BCUT2D eigenvalue weighted by Crippen LogP contribution is -2.49. The highest BCUT2D eigenvalue weighted by molar-refractivity contribution is 4.69.